The Morgan fingerprint density at radius 3 is 2.82 bits per heavy atom. The van der Waals surface area contributed by atoms with Crippen LogP contribution in [0.25, 0.3) is 10.8 Å². The Morgan fingerprint density at radius 1 is 1.35 bits per heavy atom. The van der Waals surface area contributed by atoms with E-state index in [4.69, 9.17) is 11.6 Å². The van der Waals surface area contributed by atoms with Gasteiger partial charge in [0.05, 0.1) is 13.5 Å². The summed E-state index contributed by atoms with van der Waals surface area (Å²) < 4.78 is 4.58. The fourth-order valence-corrected chi connectivity index (χ4v) is 1.88. The number of aromatic hydroxyl groups is 1. The topological polar surface area (TPSA) is 46.5 Å². The molecule has 0 unspecified atom stereocenters. The summed E-state index contributed by atoms with van der Waals surface area (Å²) in [5.74, 6) is -0.221. The van der Waals surface area contributed by atoms with Crippen molar-refractivity contribution in [3.8, 4) is 5.75 Å². The predicted molar refractivity (Wildman–Crippen MR) is 66.3 cm³/mol. The molecular weight excluding hydrogens is 240 g/mol. The number of esters is 1. The summed E-state index contributed by atoms with van der Waals surface area (Å²) in [5, 5.41) is 11.9. The first-order valence-corrected chi connectivity index (χ1v) is 5.46. The van der Waals surface area contributed by atoms with Gasteiger partial charge in [-0.15, -0.1) is 0 Å². The quantitative estimate of drug-likeness (QED) is 0.834. The van der Waals surface area contributed by atoms with Gasteiger partial charge in [-0.05, 0) is 29.1 Å². The van der Waals surface area contributed by atoms with Gasteiger partial charge in [0.25, 0.3) is 0 Å². The first-order chi connectivity index (χ1) is 8.10. The standard InChI is InChI=1S/C13H11ClO3/c1-17-13(16)6-8-4-9-2-3-10(14)7-11(9)12(15)5-8/h2-5,7,15H,6H2,1H3. The molecule has 3 nitrogen and oxygen atoms in total. The predicted octanol–water partition coefficient (Wildman–Crippen LogP) is 2.91. The Labute approximate surface area is 104 Å². The summed E-state index contributed by atoms with van der Waals surface area (Å²) in [5.41, 5.74) is 0.712. The fourth-order valence-electron chi connectivity index (χ4n) is 1.71. The molecule has 0 bridgehead atoms. The van der Waals surface area contributed by atoms with Crippen molar-refractivity contribution in [2.24, 2.45) is 0 Å². The van der Waals surface area contributed by atoms with Gasteiger partial charge in [0.2, 0.25) is 0 Å². The molecule has 1 N–H and O–H groups in total. The number of hydrogen-bond donors (Lipinski definition) is 1. The summed E-state index contributed by atoms with van der Waals surface area (Å²) in [6.07, 6.45) is 0.141. The molecule has 2 aromatic carbocycles. The molecule has 0 heterocycles. The maximum Gasteiger partial charge on any atom is 0.309 e. The maximum atomic E-state index is 11.2. The van der Waals surface area contributed by atoms with E-state index < -0.39 is 0 Å². The van der Waals surface area contributed by atoms with Crippen LogP contribution in [0, 0.1) is 0 Å². The third-order valence-corrected chi connectivity index (χ3v) is 2.77. The van der Waals surface area contributed by atoms with E-state index >= 15 is 0 Å². The molecule has 0 saturated carbocycles. The second-order valence-electron chi connectivity index (χ2n) is 3.73. The van der Waals surface area contributed by atoms with Gasteiger partial charge in [0, 0.05) is 10.4 Å². The number of phenols is 1. The van der Waals surface area contributed by atoms with Crippen LogP contribution < -0.4 is 0 Å². The van der Waals surface area contributed by atoms with E-state index in [0.29, 0.717) is 16.0 Å². The molecule has 0 fully saturated rings. The lowest BCUT2D eigenvalue weighted by molar-refractivity contribution is -0.139. The smallest absolute Gasteiger partial charge is 0.309 e. The van der Waals surface area contributed by atoms with E-state index in [1.807, 2.05) is 6.07 Å². The monoisotopic (exact) mass is 250 g/mol. The third kappa shape index (κ3) is 2.50. The van der Waals surface area contributed by atoms with E-state index in [-0.39, 0.29) is 18.1 Å². The minimum atomic E-state index is -0.335. The zero-order valence-electron chi connectivity index (χ0n) is 9.24. The molecule has 0 amide bonds. The highest BCUT2D eigenvalue weighted by Crippen LogP contribution is 2.29. The zero-order chi connectivity index (χ0) is 12.4. The number of benzene rings is 2. The molecule has 0 atom stereocenters. The first-order valence-electron chi connectivity index (χ1n) is 5.08. The van der Waals surface area contributed by atoms with Gasteiger partial charge >= 0.3 is 5.97 Å². The number of carbonyl (C=O) groups is 1. The summed E-state index contributed by atoms with van der Waals surface area (Å²) in [4.78, 5) is 11.2. The highest BCUT2D eigenvalue weighted by Gasteiger charge is 2.07. The van der Waals surface area contributed by atoms with Gasteiger partial charge in [-0.2, -0.15) is 0 Å². The van der Waals surface area contributed by atoms with Crippen molar-refractivity contribution in [1.82, 2.24) is 0 Å². The van der Waals surface area contributed by atoms with Gasteiger partial charge < -0.3 is 9.84 Å². The van der Waals surface area contributed by atoms with E-state index in [0.717, 1.165) is 5.39 Å². The molecule has 88 valence electrons. The van der Waals surface area contributed by atoms with E-state index in [9.17, 15) is 9.90 Å². The molecular formula is C13H11ClO3. The maximum absolute atomic E-state index is 11.2. The molecule has 4 heteroatoms. The second-order valence-corrected chi connectivity index (χ2v) is 4.17. The van der Waals surface area contributed by atoms with Crippen LogP contribution in [0.4, 0.5) is 0 Å². The molecule has 2 rings (SSSR count). The number of methoxy groups -OCH3 is 1. The van der Waals surface area contributed by atoms with Crippen molar-refractivity contribution >= 4 is 28.3 Å². The summed E-state index contributed by atoms with van der Waals surface area (Å²) in [6.45, 7) is 0. The zero-order valence-corrected chi connectivity index (χ0v) is 9.99. The molecule has 0 spiro atoms. The molecule has 0 saturated heterocycles. The van der Waals surface area contributed by atoms with Crippen LogP contribution >= 0.6 is 11.6 Å². The summed E-state index contributed by atoms with van der Waals surface area (Å²) in [6, 6.07) is 8.62. The van der Waals surface area contributed by atoms with E-state index in [2.05, 4.69) is 4.74 Å². The minimum Gasteiger partial charge on any atom is -0.507 e. The van der Waals surface area contributed by atoms with E-state index in [1.165, 1.54) is 7.11 Å². The summed E-state index contributed by atoms with van der Waals surface area (Å²) in [7, 11) is 1.34. The minimum absolute atomic E-state index is 0.115. The third-order valence-electron chi connectivity index (χ3n) is 2.53. The Balaban J connectivity index is 2.48. The number of hydrogen-bond acceptors (Lipinski definition) is 3. The van der Waals surface area contributed by atoms with Gasteiger partial charge in [0.15, 0.2) is 0 Å². The van der Waals surface area contributed by atoms with Crippen LogP contribution in [0.2, 0.25) is 5.02 Å². The highest BCUT2D eigenvalue weighted by molar-refractivity contribution is 6.31. The lowest BCUT2D eigenvalue weighted by atomic mass is 10.0. The fraction of sp³-hybridized carbons (Fsp3) is 0.154. The van der Waals surface area contributed by atoms with Crippen molar-refractivity contribution in [2.45, 2.75) is 6.42 Å². The Morgan fingerprint density at radius 2 is 2.12 bits per heavy atom. The van der Waals surface area contributed by atoms with Crippen LogP contribution in [-0.4, -0.2) is 18.2 Å². The summed E-state index contributed by atoms with van der Waals surface area (Å²) >= 11 is 5.85. The SMILES string of the molecule is COC(=O)Cc1cc(O)c2cc(Cl)ccc2c1. The first kappa shape index (κ1) is 11.7. The van der Waals surface area contributed by atoms with Crippen molar-refractivity contribution in [2.75, 3.05) is 7.11 Å². The van der Waals surface area contributed by atoms with Gasteiger partial charge in [0.1, 0.15) is 5.75 Å². The molecule has 0 radical (unpaired) electrons. The molecule has 17 heavy (non-hydrogen) atoms. The van der Waals surface area contributed by atoms with Crippen molar-refractivity contribution in [1.29, 1.82) is 0 Å². The number of rotatable bonds is 2. The van der Waals surface area contributed by atoms with Crippen LogP contribution in [0.5, 0.6) is 5.75 Å². The van der Waals surface area contributed by atoms with Crippen LogP contribution in [0.1, 0.15) is 5.56 Å². The normalized spacial score (nSPS) is 10.5. The Bertz CT molecular complexity index is 578. The number of phenolic OH excluding ortho intramolecular Hbond substituents is 1. The average Bonchev–Trinajstić information content (AvgIpc) is 2.30. The molecule has 0 aliphatic heterocycles. The number of halogens is 1. The lowest BCUT2D eigenvalue weighted by Gasteiger charge is -2.06. The highest BCUT2D eigenvalue weighted by atomic mass is 35.5. The van der Waals surface area contributed by atoms with Crippen LogP contribution in [0.3, 0.4) is 0 Å². The van der Waals surface area contributed by atoms with Crippen molar-refractivity contribution in [3.63, 3.8) is 0 Å². The lowest BCUT2D eigenvalue weighted by Crippen LogP contribution is -2.04. The van der Waals surface area contributed by atoms with Crippen LogP contribution in [-0.2, 0) is 16.0 Å². The molecule has 0 aromatic heterocycles. The second kappa shape index (κ2) is 4.63. The average molecular weight is 251 g/mol. The Hall–Kier alpha value is -1.74. The van der Waals surface area contributed by atoms with Gasteiger partial charge in [-0.25, -0.2) is 0 Å². The largest absolute Gasteiger partial charge is 0.507 e. The van der Waals surface area contributed by atoms with E-state index in [1.54, 1.807) is 24.3 Å². The van der Waals surface area contributed by atoms with Gasteiger partial charge in [-0.1, -0.05) is 23.7 Å². The molecule has 0 aliphatic carbocycles. The molecule has 0 aliphatic rings. The number of fused-ring (bicyclic) bond motifs is 1. The number of ether oxygens (including phenoxy) is 1. The van der Waals surface area contributed by atoms with Crippen molar-refractivity contribution in [3.05, 3.63) is 40.9 Å². The Kier molecular flexibility index (Phi) is 3.20. The molecule has 2 aromatic rings. The van der Waals surface area contributed by atoms with Gasteiger partial charge in [-0.3, -0.25) is 4.79 Å². The van der Waals surface area contributed by atoms with Crippen LogP contribution in [0.15, 0.2) is 30.3 Å². The van der Waals surface area contributed by atoms with Crippen molar-refractivity contribution < 1.29 is 14.6 Å². The number of carbonyl (C=O) groups excluding carboxylic acids is 1.